The number of imidazole rings is 1. The number of rotatable bonds is 4. The summed E-state index contributed by atoms with van der Waals surface area (Å²) in [4.78, 5) is 48.4. The summed E-state index contributed by atoms with van der Waals surface area (Å²) in [6, 6.07) is 7.13. The number of hydrogen-bond acceptors (Lipinski definition) is 5. The van der Waals surface area contributed by atoms with Crippen LogP contribution >= 0.6 is 11.6 Å². The van der Waals surface area contributed by atoms with Gasteiger partial charge in [0.15, 0.2) is 5.82 Å². The Kier molecular flexibility index (Phi) is 8.45. The number of esters is 1. The standard InChI is InChI=1S/C31H31ClF2N4O4/c1-16-5-4-6-24(38-12-11-19(15-25(38)39)27-22(33)10-9-21(32)28(27)34)30-35-17(2)29(37-30)20-8-7-18(14-26(40)42-3)13-23(20)36-31(16)41/h7-10,13,15-16,24H,4-6,11-12,14H2,1-3H3,(H,35,37)(H,36,41)/t16-,24+/m1/s1. The van der Waals surface area contributed by atoms with Crippen LogP contribution in [0.25, 0.3) is 16.8 Å². The lowest BCUT2D eigenvalue weighted by Gasteiger charge is -2.33. The molecule has 2 atom stereocenters. The molecule has 0 fully saturated rings. The Morgan fingerprint density at radius 2 is 1.98 bits per heavy atom. The highest BCUT2D eigenvalue weighted by molar-refractivity contribution is 6.31. The third kappa shape index (κ3) is 5.81. The van der Waals surface area contributed by atoms with Gasteiger partial charge < -0.3 is 19.9 Å². The molecule has 11 heteroatoms. The molecular formula is C31H31ClF2N4O4. The number of benzene rings is 2. The van der Waals surface area contributed by atoms with Gasteiger partial charge in [-0.05, 0) is 55.5 Å². The summed E-state index contributed by atoms with van der Waals surface area (Å²) < 4.78 is 34.1. The number of amides is 2. The van der Waals surface area contributed by atoms with E-state index < -0.39 is 23.6 Å². The minimum atomic E-state index is -0.887. The van der Waals surface area contributed by atoms with Gasteiger partial charge in [-0.3, -0.25) is 14.4 Å². The van der Waals surface area contributed by atoms with Gasteiger partial charge in [0, 0.05) is 29.8 Å². The number of H-pyrrole nitrogens is 1. The topological polar surface area (TPSA) is 104 Å². The van der Waals surface area contributed by atoms with Crippen molar-refractivity contribution in [2.45, 2.75) is 52.0 Å². The lowest BCUT2D eigenvalue weighted by molar-refractivity contribution is -0.139. The molecular weight excluding hydrogens is 566 g/mol. The van der Waals surface area contributed by atoms with Gasteiger partial charge in [0.05, 0.1) is 41.5 Å². The Balaban J connectivity index is 1.53. The molecule has 2 aliphatic heterocycles. The zero-order chi connectivity index (χ0) is 30.1. The molecule has 0 aliphatic carbocycles. The molecule has 0 unspecified atom stereocenters. The molecule has 2 bridgehead atoms. The van der Waals surface area contributed by atoms with E-state index in [0.29, 0.717) is 47.6 Å². The van der Waals surface area contributed by atoms with E-state index in [0.717, 1.165) is 17.8 Å². The quantitative estimate of drug-likeness (QED) is 0.278. The van der Waals surface area contributed by atoms with E-state index in [1.54, 1.807) is 23.1 Å². The van der Waals surface area contributed by atoms with Crippen LogP contribution in [0.2, 0.25) is 5.02 Å². The van der Waals surface area contributed by atoms with E-state index in [4.69, 9.17) is 21.3 Å². The predicted molar refractivity (Wildman–Crippen MR) is 155 cm³/mol. The van der Waals surface area contributed by atoms with Crippen molar-refractivity contribution < 1.29 is 27.9 Å². The van der Waals surface area contributed by atoms with Crippen molar-refractivity contribution in [3.05, 3.63) is 75.7 Å². The molecule has 220 valence electrons. The Hall–Kier alpha value is -4.05. The van der Waals surface area contributed by atoms with Crippen molar-refractivity contribution in [1.29, 1.82) is 0 Å². The van der Waals surface area contributed by atoms with Crippen LogP contribution in [-0.4, -0.2) is 46.3 Å². The second kappa shape index (κ2) is 12.1. The molecule has 0 spiro atoms. The molecule has 0 saturated heterocycles. The van der Waals surface area contributed by atoms with E-state index in [9.17, 15) is 23.2 Å². The van der Waals surface area contributed by atoms with Gasteiger partial charge in [-0.2, -0.15) is 0 Å². The summed E-state index contributed by atoms with van der Waals surface area (Å²) in [5.74, 6) is -2.35. The molecule has 42 heavy (non-hydrogen) atoms. The number of carbonyl (C=O) groups is 3. The van der Waals surface area contributed by atoms with Gasteiger partial charge in [-0.15, -0.1) is 0 Å². The number of aryl methyl sites for hydroxylation is 1. The number of halogens is 3. The van der Waals surface area contributed by atoms with Crippen LogP contribution in [-0.2, 0) is 25.5 Å². The van der Waals surface area contributed by atoms with Crippen LogP contribution in [0.15, 0.2) is 36.4 Å². The van der Waals surface area contributed by atoms with Crippen LogP contribution in [0.1, 0.15) is 61.3 Å². The number of fused-ring (bicyclic) bond motifs is 4. The number of nitrogens with zero attached hydrogens (tertiary/aromatic N) is 2. The fraction of sp³-hybridized carbons (Fsp3) is 0.355. The first-order chi connectivity index (χ1) is 20.1. The lowest BCUT2D eigenvalue weighted by atomic mass is 9.95. The minimum absolute atomic E-state index is 0.0532. The fourth-order valence-corrected chi connectivity index (χ4v) is 5.74. The van der Waals surface area contributed by atoms with Crippen molar-refractivity contribution in [2.75, 3.05) is 19.0 Å². The summed E-state index contributed by atoms with van der Waals surface area (Å²) in [5.41, 5.74) is 3.19. The first-order valence-electron chi connectivity index (χ1n) is 13.8. The van der Waals surface area contributed by atoms with Crippen molar-refractivity contribution in [1.82, 2.24) is 14.9 Å². The van der Waals surface area contributed by atoms with E-state index in [-0.39, 0.29) is 53.3 Å². The van der Waals surface area contributed by atoms with E-state index in [1.165, 1.54) is 13.2 Å². The zero-order valence-electron chi connectivity index (χ0n) is 23.5. The van der Waals surface area contributed by atoms with Crippen molar-refractivity contribution >= 4 is 40.6 Å². The smallest absolute Gasteiger partial charge is 0.309 e. The van der Waals surface area contributed by atoms with Crippen molar-refractivity contribution in [3.8, 4) is 11.3 Å². The Labute approximate surface area is 247 Å². The number of hydrogen-bond donors (Lipinski definition) is 2. The Morgan fingerprint density at radius 3 is 2.71 bits per heavy atom. The number of aromatic amines is 1. The molecule has 5 rings (SSSR count). The van der Waals surface area contributed by atoms with Crippen LogP contribution < -0.4 is 5.32 Å². The Bertz CT molecular complexity index is 1600. The van der Waals surface area contributed by atoms with Gasteiger partial charge in [0.2, 0.25) is 11.8 Å². The largest absolute Gasteiger partial charge is 0.469 e. The highest BCUT2D eigenvalue weighted by Gasteiger charge is 2.32. The maximum Gasteiger partial charge on any atom is 0.309 e. The summed E-state index contributed by atoms with van der Waals surface area (Å²) in [6.07, 6.45) is 3.27. The molecule has 3 aromatic rings. The summed E-state index contributed by atoms with van der Waals surface area (Å²) >= 11 is 5.89. The molecule has 2 aromatic carbocycles. The SMILES string of the molecule is COC(=O)Cc1ccc2c(c1)NC(=O)[C@H](C)CCC[C@H](N1CCC(c3c(F)ccc(Cl)c3F)=CC1=O)c1nc-2c(C)[nH]1. The lowest BCUT2D eigenvalue weighted by Crippen LogP contribution is -2.38. The van der Waals surface area contributed by atoms with Gasteiger partial charge in [-0.25, -0.2) is 13.8 Å². The summed E-state index contributed by atoms with van der Waals surface area (Å²) in [7, 11) is 1.32. The number of anilines is 1. The second-order valence-corrected chi connectivity index (χ2v) is 11.1. The normalized spacial score (nSPS) is 19.3. The fourth-order valence-electron chi connectivity index (χ4n) is 5.58. The average Bonchev–Trinajstić information content (AvgIpc) is 3.34. The molecule has 8 nitrogen and oxygen atoms in total. The number of nitrogens with one attached hydrogen (secondary N) is 2. The maximum absolute atomic E-state index is 14.7. The highest BCUT2D eigenvalue weighted by Crippen LogP contribution is 2.38. The number of methoxy groups -OCH3 is 1. The molecule has 2 N–H and O–H groups in total. The highest BCUT2D eigenvalue weighted by atomic mass is 35.5. The maximum atomic E-state index is 14.7. The molecule has 0 radical (unpaired) electrons. The monoisotopic (exact) mass is 596 g/mol. The minimum Gasteiger partial charge on any atom is -0.469 e. The number of ether oxygens (including phenoxy) is 1. The second-order valence-electron chi connectivity index (χ2n) is 10.7. The van der Waals surface area contributed by atoms with Crippen molar-refractivity contribution in [3.63, 3.8) is 0 Å². The van der Waals surface area contributed by atoms with Crippen LogP contribution in [0.4, 0.5) is 14.5 Å². The van der Waals surface area contributed by atoms with Gasteiger partial charge in [0.1, 0.15) is 11.6 Å². The zero-order valence-corrected chi connectivity index (χ0v) is 24.3. The van der Waals surface area contributed by atoms with Gasteiger partial charge in [0.25, 0.3) is 0 Å². The van der Waals surface area contributed by atoms with E-state index in [2.05, 4.69) is 10.3 Å². The first kappa shape index (κ1) is 29.4. The predicted octanol–water partition coefficient (Wildman–Crippen LogP) is 6.15. The van der Waals surface area contributed by atoms with E-state index in [1.807, 2.05) is 13.8 Å². The third-order valence-corrected chi connectivity index (χ3v) is 8.19. The van der Waals surface area contributed by atoms with Crippen LogP contribution in [0.3, 0.4) is 0 Å². The molecule has 2 amide bonds. The summed E-state index contributed by atoms with van der Waals surface area (Å²) in [6.45, 7) is 3.93. The molecule has 2 aliphatic rings. The van der Waals surface area contributed by atoms with Crippen LogP contribution in [0, 0.1) is 24.5 Å². The van der Waals surface area contributed by atoms with E-state index >= 15 is 0 Å². The van der Waals surface area contributed by atoms with Crippen molar-refractivity contribution in [2.24, 2.45) is 5.92 Å². The number of carbonyl (C=O) groups excluding carboxylic acids is 3. The third-order valence-electron chi connectivity index (χ3n) is 7.90. The first-order valence-corrected chi connectivity index (χ1v) is 14.2. The Morgan fingerprint density at radius 1 is 1.19 bits per heavy atom. The van der Waals surface area contributed by atoms with Gasteiger partial charge in [-0.1, -0.05) is 37.1 Å². The molecule has 0 saturated carbocycles. The molecule has 3 heterocycles. The summed E-state index contributed by atoms with van der Waals surface area (Å²) in [5, 5.41) is 2.80. The average molecular weight is 597 g/mol. The van der Waals surface area contributed by atoms with Crippen LogP contribution in [0.5, 0.6) is 0 Å². The number of aromatic nitrogens is 2. The van der Waals surface area contributed by atoms with Gasteiger partial charge >= 0.3 is 5.97 Å². The molecule has 1 aromatic heterocycles.